The molecule has 0 atom stereocenters. The van der Waals surface area contributed by atoms with Crippen LogP contribution in [0, 0.1) is 0 Å². The third-order valence-electron chi connectivity index (χ3n) is 7.83. The summed E-state index contributed by atoms with van der Waals surface area (Å²) in [5.41, 5.74) is 3.74. The van der Waals surface area contributed by atoms with E-state index in [9.17, 15) is 14.4 Å². The molecular weight excluding hydrogens is 621 g/mol. The predicted molar refractivity (Wildman–Crippen MR) is 183 cm³/mol. The first-order valence-corrected chi connectivity index (χ1v) is 16.2. The molecule has 0 saturated carbocycles. The Bertz CT molecular complexity index is 1840. The second-order valence-electron chi connectivity index (χ2n) is 13.3. The summed E-state index contributed by atoms with van der Waals surface area (Å²) in [7, 11) is 7.43. The molecule has 1 fully saturated rings. The molecule has 2 amide bonds. The molecule has 2 aliphatic heterocycles. The zero-order valence-electron chi connectivity index (χ0n) is 27.5. The lowest BCUT2D eigenvalue weighted by atomic mass is 9.48. The molecule has 17 heteroatoms. The first-order chi connectivity index (χ1) is 22.2. The first kappa shape index (κ1) is 32.3. The van der Waals surface area contributed by atoms with Crippen molar-refractivity contribution in [2.24, 2.45) is 0 Å². The Kier molecular flexibility index (Phi) is 8.37. The highest BCUT2D eigenvalue weighted by molar-refractivity contribution is 7.08. The van der Waals surface area contributed by atoms with Crippen LogP contribution in [0.5, 0.6) is 11.5 Å². The van der Waals surface area contributed by atoms with Crippen LogP contribution in [0.4, 0.5) is 9.59 Å². The molecule has 1 saturated heterocycles. The van der Waals surface area contributed by atoms with E-state index in [2.05, 4.69) is 5.10 Å². The number of hydrogen-bond acceptors (Lipinski definition) is 10. The number of carbonyl (C=O) groups is 3. The Morgan fingerprint density at radius 2 is 1.94 bits per heavy atom. The summed E-state index contributed by atoms with van der Waals surface area (Å²) >= 11 is 1.52. The molecule has 3 aromatic heterocycles. The second kappa shape index (κ2) is 12.2. The van der Waals surface area contributed by atoms with Crippen LogP contribution in [0.1, 0.15) is 36.8 Å². The average Bonchev–Trinajstić information content (AvgIpc) is 3.82. The lowest BCUT2D eigenvalue weighted by Gasteiger charge is -2.37. The van der Waals surface area contributed by atoms with Gasteiger partial charge in [-0.15, -0.1) is 0 Å². The minimum Gasteiger partial charge on any atom is -0.496 e. The molecule has 47 heavy (non-hydrogen) atoms. The number of cyclic esters (lactones) is 1. The van der Waals surface area contributed by atoms with Crippen LogP contribution in [0.25, 0.3) is 28.1 Å². The van der Waals surface area contributed by atoms with Gasteiger partial charge in [0.05, 0.1) is 31.2 Å². The van der Waals surface area contributed by atoms with Gasteiger partial charge >= 0.3 is 12.2 Å². The Balaban J connectivity index is 1.43. The fourth-order valence-electron chi connectivity index (χ4n) is 5.60. The molecule has 1 aromatic carbocycles. The SMILES string of the molecule is BC(B)(B)N(CCN1CCOC1=O)C(=O)c1nn(-c2ccsc2)c2c1COc1cc(OC)c(-c3cnn(C(=O)OC(C)(C)C)c3)cc1-2. The molecule has 5 heterocycles. The third kappa shape index (κ3) is 6.36. The van der Waals surface area contributed by atoms with E-state index in [0.29, 0.717) is 65.7 Å². The van der Waals surface area contributed by atoms with Crippen molar-refractivity contribution in [2.75, 3.05) is 33.4 Å². The van der Waals surface area contributed by atoms with E-state index >= 15 is 0 Å². The molecule has 0 aliphatic carbocycles. The summed E-state index contributed by atoms with van der Waals surface area (Å²) in [6.07, 6.45) is 2.18. The standard InChI is InChI=1S/C30H35B3N6O7S/c1-29(2,3)46-28(42)38-14-17(13-34-38)19-11-20-23(12-22(19)43-4)45-15-21-24(35-39(25(20)21)18-5-10-47-16-18)26(40)37(30(31,32)33)7-6-36-8-9-44-27(36)41/h5,10-14,16H,6-9,15,31-33H2,1-4H3. The van der Waals surface area contributed by atoms with Crippen molar-refractivity contribution < 1.29 is 33.3 Å². The van der Waals surface area contributed by atoms with Gasteiger partial charge in [0.2, 0.25) is 0 Å². The highest BCUT2D eigenvalue weighted by Gasteiger charge is 2.37. The average molecular weight is 656 g/mol. The number of amides is 2. The van der Waals surface area contributed by atoms with Crippen LogP contribution in [0.2, 0.25) is 0 Å². The van der Waals surface area contributed by atoms with Gasteiger partial charge in [0.25, 0.3) is 5.91 Å². The summed E-state index contributed by atoms with van der Waals surface area (Å²) < 4.78 is 25.5. The number of ether oxygens (including phenoxy) is 4. The predicted octanol–water partition coefficient (Wildman–Crippen LogP) is 1.55. The molecule has 6 rings (SSSR count). The Morgan fingerprint density at radius 1 is 1.15 bits per heavy atom. The van der Waals surface area contributed by atoms with Crippen LogP contribution >= 0.6 is 11.3 Å². The van der Waals surface area contributed by atoms with Gasteiger partial charge in [0, 0.05) is 53.0 Å². The van der Waals surface area contributed by atoms with Crippen molar-refractivity contribution in [3.05, 3.63) is 52.6 Å². The molecule has 0 radical (unpaired) electrons. The number of aromatic nitrogens is 4. The smallest absolute Gasteiger partial charge is 0.435 e. The zero-order chi connectivity index (χ0) is 33.7. The third-order valence-corrected chi connectivity index (χ3v) is 8.50. The number of benzene rings is 1. The van der Waals surface area contributed by atoms with E-state index < -0.39 is 16.9 Å². The van der Waals surface area contributed by atoms with Crippen molar-refractivity contribution in [1.82, 2.24) is 29.4 Å². The normalized spacial score (nSPS) is 14.2. The molecule has 242 valence electrons. The molecule has 0 N–H and O–H groups in total. The van der Waals surface area contributed by atoms with Crippen molar-refractivity contribution >= 4 is 53.0 Å². The van der Waals surface area contributed by atoms with Gasteiger partial charge in [0.1, 0.15) is 53.9 Å². The van der Waals surface area contributed by atoms with Crippen molar-refractivity contribution in [3.63, 3.8) is 0 Å². The van der Waals surface area contributed by atoms with E-state index in [4.69, 9.17) is 24.0 Å². The number of hydrogen-bond donors (Lipinski definition) is 0. The Morgan fingerprint density at radius 3 is 2.57 bits per heavy atom. The van der Waals surface area contributed by atoms with Gasteiger partial charge in [-0.05, 0) is 43.5 Å². The summed E-state index contributed by atoms with van der Waals surface area (Å²) in [6, 6.07) is 5.64. The molecular formula is C30H35B3N6O7S. The van der Waals surface area contributed by atoms with E-state index in [1.165, 1.54) is 11.3 Å². The summed E-state index contributed by atoms with van der Waals surface area (Å²) in [6.45, 7) is 6.96. The number of carbonyl (C=O) groups excluding carboxylic acids is 3. The number of methoxy groups -OCH3 is 1. The second-order valence-corrected chi connectivity index (χ2v) is 14.1. The highest BCUT2D eigenvalue weighted by atomic mass is 32.1. The molecule has 13 nitrogen and oxygen atoms in total. The topological polar surface area (TPSA) is 130 Å². The minimum atomic E-state index is -0.682. The van der Waals surface area contributed by atoms with Crippen LogP contribution in [0.15, 0.2) is 41.4 Å². The van der Waals surface area contributed by atoms with Crippen LogP contribution in [0.3, 0.4) is 0 Å². The van der Waals surface area contributed by atoms with E-state index in [-0.39, 0.29) is 24.3 Å². The van der Waals surface area contributed by atoms with Gasteiger partial charge in [-0.2, -0.15) is 26.2 Å². The number of thiophene rings is 1. The number of rotatable bonds is 8. The highest BCUT2D eigenvalue weighted by Crippen LogP contribution is 2.46. The van der Waals surface area contributed by atoms with Crippen LogP contribution in [-0.2, 0) is 16.1 Å². The first-order valence-electron chi connectivity index (χ1n) is 15.3. The largest absolute Gasteiger partial charge is 0.496 e. The molecule has 0 spiro atoms. The van der Waals surface area contributed by atoms with E-state index in [0.717, 1.165) is 10.4 Å². The maximum absolute atomic E-state index is 14.4. The summed E-state index contributed by atoms with van der Waals surface area (Å²) in [4.78, 5) is 42.6. The zero-order valence-corrected chi connectivity index (χ0v) is 28.3. The van der Waals surface area contributed by atoms with E-state index in [1.807, 2.05) is 46.4 Å². The summed E-state index contributed by atoms with van der Waals surface area (Å²) in [5.74, 6) is 0.816. The van der Waals surface area contributed by atoms with Gasteiger partial charge in [-0.1, -0.05) is 0 Å². The lowest BCUT2D eigenvalue weighted by molar-refractivity contribution is 0.0514. The fourth-order valence-corrected chi connectivity index (χ4v) is 6.21. The fraction of sp³-hybridized carbons (Fsp3) is 0.367. The quantitative estimate of drug-likeness (QED) is 0.260. The molecule has 0 unspecified atom stereocenters. The number of nitrogens with zero attached hydrogens (tertiary/aromatic N) is 6. The molecule has 4 aromatic rings. The van der Waals surface area contributed by atoms with Gasteiger partial charge in [-0.3, -0.25) is 4.79 Å². The van der Waals surface area contributed by atoms with Crippen LogP contribution in [-0.4, -0.2) is 115 Å². The van der Waals surface area contributed by atoms with Gasteiger partial charge < -0.3 is 28.7 Å². The van der Waals surface area contributed by atoms with Crippen LogP contribution < -0.4 is 9.47 Å². The molecule has 2 aliphatic rings. The lowest BCUT2D eigenvalue weighted by Crippen LogP contribution is -2.56. The Labute approximate surface area is 278 Å². The Hall–Kier alpha value is -4.66. The van der Waals surface area contributed by atoms with Gasteiger partial charge in [-0.25, -0.2) is 14.3 Å². The minimum absolute atomic E-state index is 0.114. The summed E-state index contributed by atoms with van der Waals surface area (Å²) in [5, 5.41) is 12.5. The van der Waals surface area contributed by atoms with Crippen molar-refractivity contribution in [1.29, 1.82) is 0 Å². The maximum Gasteiger partial charge on any atom is 0.435 e. The monoisotopic (exact) mass is 656 g/mol. The van der Waals surface area contributed by atoms with Crippen molar-refractivity contribution in [3.8, 4) is 39.6 Å². The number of fused-ring (bicyclic) bond motifs is 3. The maximum atomic E-state index is 14.4. The van der Waals surface area contributed by atoms with Crippen molar-refractivity contribution in [2.45, 2.75) is 38.2 Å². The van der Waals surface area contributed by atoms with E-state index in [1.54, 1.807) is 60.8 Å². The van der Waals surface area contributed by atoms with Gasteiger partial charge in [0.15, 0.2) is 5.69 Å². The molecule has 0 bridgehead atoms.